The monoisotopic (exact) mass is 361 g/mol. The molecule has 0 aliphatic rings. The van der Waals surface area contributed by atoms with Crippen molar-refractivity contribution in [3.05, 3.63) is 46.2 Å². The number of benzene rings is 1. The number of hydrogen-bond donors (Lipinski definition) is 2. The average Bonchev–Trinajstić information content (AvgIpc) is 2.35. The molecule has 0 saturated carbocycles. The first-order chi connectivity index (χ1) is 8.90. The zero-order valence-electron chi connectivity index (χ0n) is 9.47. The molecule has 0 unspecified atom stereocenters. The molecular formula is C11H9BrClN3O2S. The molecule has 0 aliphatic heterocycles. The summed E-state index contributed by atoms with van der Waals surface area (Å²) in [6.07, 6.45) is 2.81. The fourth-order valence-electron chi connectivity index (χ4n) is 1.35. The van der Waals surface area contributed by atoms with E-state index in [4.69, 9.17) is 17.3 Å². The van der Waals surface area contributed by atoms with E-state index in [2.05, 4.69) is 25.6 Å². The van der Waals surface area contributed by atoms with Crippen LogP contribution in [0.4, 0.5) is 11.4 Å². The highest BCUT2D eigenvalue weighted by Crippen LogP contribution is 2.26. The van der Waals surface area contributed by atoms with Crippen LogP contribution < -0.4 is 10.5 Å². The normalized spacial score (nSPS) is 11.3. The molecule has 19 heavy (non-hydrogen) atoms. The Bertz CT molecular complexity index is 722. The second-order valence-electron chi connectivity index (χ2n) is 3.64. The molecule has 0 radical (unpaired) electrons. The fraction of sp³-hybridized carbons (Fsp3) is 0. The Labute approximate surface area is 124 Å². The van der Waals surface area contributed by atoms with Crippen LogP contribution in [0.25, 0.3) is 0 Å². The summed E-state index contributed by atoms with van der Waals surface area (Å²) in [5.74, 6) is 0. The number of nitrogens with one attached hydrogen (secondary N) is 1. The zero-order chi connectivity index (χ0) is 14.0. The minimum Gasteiger partial charge on any atom is -0.398 e. The first kappa shape index (κ1) is 14.1. The smallest absolute Gasteiger partial charge is 0.262 e. The highest BCUT2D eigenvalue weighted by Gasteiger charge is 2.16. The van der Waals surface area contributed by atoms with E-state index in [1.807, 2.05) is 0 Å². The van der Waals surface area contributed by atoms with Crippen LogP contribution in [-0.2, 0) is 10.0 Å². The van der Waals surface area contributed by atoms with E-state index < -0.39 is 10.0 Å². The Hall–Kier alpha value is -1.31. The fourth-order valence-corrected chi connectivity index (χ4v) is 2.90. The predicted octanol–water partition coefficient (Wildman–Crippen LogP) is 2.88. The van der Waals surface area contributed by atoms with Crippen molar-refractivity contribution in [3.8, 4) is 0 Å². The Balaban J connectivity index is 2.38. The van der Waals surface area contributed by atoms with E-state index in [1.165, 1.54) is 30.6 Å². The highest BCUT2D eigenvalue weighted by molar-refractivity contribution is 9.10. The third-order valence-electron chi connectivity index (χ3n) is 2.29. The lowest BCUT2D eigenvalue weighted by atomic mass is 10.3. The topological polar surface area (TPSA) is 85.1 Å². The van der Waals surface area contributed by atoms with Crippen molar-refractivity contribution in [3.63, 3.8) is 0 Å². The minimum absolute atomic E-state index is 0.0492. The molecule has 0 spiro atoms. The van der Waals surface area contributed by atoms with Crippen molar-refractivity contribution in [2.24, 2.45) is 0 Å². The summed E-state index contributed by atoms with van der Waals surface area (Å²) in [6, 6.07) is 5.85. The minimum atomic E-state index is -3.75. The first-order valence-corrected chi connectivity index (χ1v) is 7.73. The number of aromatic nitrogens is 1. The number of nitrogen functional groups attached to an aromatic ring is 1. The third-order valence-corrected chi connectivity index (χ3v) is 4.70. The van der Waals surface area contributed by atoms with Crippen LogP contribution in [0.5, 0.6) is 0 Å². The number of anilines is 2. The maximum atomic E-state index is 12.1. The third kappa shape index (κ3) is 3.17. The van der Waals surface area contributed by atoms with E-state index in [0.717, 1.165) is 0 Å². The van der Waals surface area contributed by atoms with Gasteiger partial charge in [-0.25, -0.2) is 8.42 Å². The van der Waals surface area contributed by atoms with E-state index in [-0.39, 0.29) is 15.6 Å². The second kappa shape index (κ2) is 5.36. The van der Waals surface area contributed by atoms with Crippen LogP contribution in [-0.4, -0.2) is 13.4 Å². The Kier molecular flexibility index (Phi) is 3.98. The lowest BCUT2D eigenvalue weighted by Gasteiger charge is -2.09. The standard InChI is InChI=1S/C11H9BrClN3O2S/c12-8-2-1-7(5-10(8)14)19(17,18)16-11-6-15-4-3-9(11)13/h1-6,16H,14H2. The van der Waals surface area contributed by atoms with Crippen LogP contribution in [0.1, 0.15) is 0 Å². The summed E-state index contributed by atoms with van der Waals surface area (Å²) >= 11 is 9.08. The molecule has 2 aromatic rings. The predicted molar refractivity (Wildman–Crippen MR) is 78.6 cm³/mol. The van der Waals surface area contributed by atoms with Crippen LogP contribution in [0.15, 0.2) is 46.0 Å². The summed E-state index contributed by atoms with van der Waals surface area (Å²) in [6.45, 7) is 0. The first-order valence-electron chi connectivity index (χ1n) is 5.07. The van der Waals surface area contributed by atoms with Crippen molar-refractivity contribution < 1.29 is 8.42 Å². The summed E-state index contributed by atoms with van der Waals surface area (Å²) < 4.78 is 27.3. The summed E-state index contributed by atoms with van der Waals surface area (Å²) in [5.41, 5.74) is 6.21. The number of halogens is 2. The van der Waals surface area contributed by atoms with Gasteiger partial charge in [-0.05, 0) is 40.2 Å². The van der Waals surface area contributed by atoms with Gasteiger partial charge >= 0.3 is 0 Å². The van der Waals surface area contributed by atoms with Crippen molar-refractivity contribution >= 4 is 48.9 Å². The lowest BCUT2D eigenvalue weighted by molar-refractivity contribution is 0.601. The van der Waals surface area contributed by atoms with E-state index in [0.29, 0.717) is 10.2 Å². The van der Waals surface area contributed by atoms with Gasteiger partial charge in [0.2, 0.25) is 0 Å². The molecule has 0 fully saturated rings. The Morgan fingerprint density at radius 2 is 2.05 bits per heavy atom. The average molecular weight is 363 g/mol. The van der Waals surface area contributed by atoms with E-state index in [9.17, 15) is 8.42 Å². The highest BCUT2D eigenvalue weighted by atomic mass is 79.9. The zero-order valence-corrected chi connectivity index (χ0v) is 12.6. The molecule has 0 aliphatic carbocycles. The van der Waals surface area contributed by atoms with Crippen LogP contribution in [0.2, 0.25) is 5.02 Å². The van der Waals surface area contributed by atoms with Crippen molar-refractivity contribution in [1.29, 1.82) is 0 Å². The number of nitrogens with zero attached hydrogens (tertiary/aromatic N) is 1. The maximum Gasteiger partial charge on any atom is 0.262 e. The molecule has 2 rings (SSSR count). The quantitative estimate of drug-likeness (QED) is 0.822. The van der Waals surface area contributed by atoms with Crippen LogP contribution in [0, 0.1) is 0 Å². The van der Waals surface area contributed by atoms with Crippen LogP contribution in [0.3, 0.4) is 0 Å². The number of pyridine rings is 1. The largest absolute Gasteiger partial charge is 0.398 e. The summed E-state index contributed by atoms with van der Waals surface area (Å²) in [4.78, 5) is 3.86. The molecule has 1 aromatic carbocycles. The van der Waals surface area contributed by atoms with Gasteiger partial charge in [-0.3, -0.25) is 9.71 Å². The molecule has 100 valence electrons. The van der Waals surface area contributed by atoms with Gasteiger partial charge in [0.25, 0.3) is 10.0 Å². The SMILES string of the molecule is Nc1cc(S(=O)(=O)Nc2cnccc2Cl)ccc1Br. The van der Waals surface area contributed by atoms with Gasteiger partial charge in [-0.15, -0.1) is 0 Å². The lowest BCUT2D eigenvalue weighted by Crippen LogP contribution is -2.13. The number of rotatable bonds is 3. The summed E-state index contributed by atoms with van der Waals surface area (Å²) in [7, 11) is -3.75. The Morgan fingerprint density at radius 3 is 2.68 bits per heavy atom. The molecule has 1 heterocycles. The van der Waals surface area contributed by atoms with Crippen molar-refractivity contribution in [1.82, 2.24) is 4.98 Å². The van der Waals surface area contributed by atoms with Gasteiger partial charge in [-0.1, -0.05) is 11.6 Å². The molecule has 0 saturated heterocycles. The van der Waals surface area contributed by atoms with Gasteiger partial charge in [0, 0.05) is 16.4 Å². The molecule has 0 amide bonds. The summed E-state index contributed by atoms with van der Waals surface area (Å²) in [5, 5.41) is 0.267. The van der Waals surface area contributed by atoms with E-state index >= 15 is 0 Å². The van der Waals surface area contributed by atoms with E-state index in [1.54, 1.807) is 6.07 Å². The van der Waals surface area contributed by atoms with Gasteiger partial charge in [0.15, 0.2) is 0 Å². The second-order valence-corrected chi connectivity index (χ2v) is 6.59. The van der Waals surface area contributed by atoms with Crippen molar-refractivity contribution in [2.75, 3.05) is 10.5 Å². The maximum absolute atomic E-state index is 12.1. The molecule has 3 N–H and O–H groups in total. The molecule has 1 aromatic heterocycles. The molecule has 8 heteroatoms. The molecule has 0 bridgehead atoms. The molecule has 5 nitrogen and oxygen atoms in total. The van der Waals surface area contributed by atoms with Gasteiger partial charge in [0.1, 0.15) is 0 Å². The molecule has 0 atom stereocenters. The number of hydrogen-bond acceptors (Lipinski definition) is 4. The van der Waals surface area contributed by atoms with Gasteiger partial charge < -0.3 is 5.73 Å². The van der Waals surface area contributed by atoms with Gasteiger partial charge in [-0.2, -0.15) is 0 Å². The number of sulfonamides is 1. The van der Waals surface area contributed by atoms with Crippen molar-refractivity contribution in [2.45, 2.75) is 4.90 Å². The number of nitrogens with two attached hydrogens (primary N) is 1. The molecular weight excluding hydrogens is 354 g/mol. The van der Waals surface area contributed by atoms with Crippen LogP contribution >= 0.6 is 27.5 Å². The Morgan fingerprint density at radius 1 is 1.32 bits per heavy atom. The van der Waals surface area contributed by atoms with Gasteiger partial charge in [0.05, 0.1) is 21.8 Å².